The van der Waals surface area contributed by atoms with Gasteiger partial charge in [-0.2, -0.15) is 5.10 Å². The fourth-order valence-corrected chi connectivity index (χ4v) is 2.59. The maximum atomic E-state index is 12.3. The van der Waals surface area contributed by atoms with Crippen LogP contribution in [0.15, 0.2) is 55.1 Å². The van der Waals surface area contributed by atoms with E-state index < -0.39 is 0 Å². The van der Waals surface area contributed by atoms with E-state index in [1.54, 1.807) is 49.4 Å². The zero-order valence-electron chi connectivity index (χ0n) is 14.6. The summed E-state index contributed by atoms with van der Waals surface area (Å²) in [6, 6.07) is 11.7. The van der Waals surface area contributed by atoms with Gasteiger partial charge in [0, 0.05) is 17.0 Å². The number of hydrogen-bond acceptors (Lipinski definition) is 5. The number of aromatic nitrogens is 3. The molecule has 7 nitrogen and oxygen atoms in total. The molecule has 0 saturated heterocycles. The van der Waals surface area contributed by atoms with E-state index in [-0.39, 0.29) is 18.3 Å². The molecule has 0 bridgehead atoms. The van der Waals surface area contributed by atoms with Gasteiger partial charge in [-0.25, -0.2) is 9.67 Å². The van der Waals surface area contributed by atoms with Crippen molar-refractivity contribution < 1.29 is 14.3 Å². The zero-order chi connectivity index (χ0) is 19.2. The van der Waals surface area contributed by atoms with E-state index in [0.29, 0.717) is 34.1 Å². The van der Waals surface area contributed by atoms with Crippen molar-refractivity contribution in [1.29, 1.82) is 0 Å². The number of anilines is 1. The lowest BCUT2D eigenvalue weighted by molar-refractivity contribution is -0.118. The van der Waals surface area contributed by atoms with Gasteiger partial charge < -0.3 is 10.1 Å². The summed E-state index contributed by atoms with van der Waals surface area (Å²) in [4.78, 5) is 27.8. The lowest BCUT2D eigenvalue weighted by Gasteiger charge is -2.12. The first-order chi connectivity index (χ1) is 13.1. The topological polar surface area (TPSA) is 86.1 Å². The van der Waals surface area contributed by atoms with E-state index in [2.05, 4.69) is 15.4 Å². The Balaban J connectivity index is 1.65. The maximum Gasteiger partial charge on any atom is 0.262 e. The van der Waals surface area contributed by atoms with E-state index in [1.807, 2.05) is 0 Å². The van der Waals surface area contributed by atoms with Crippen LogP contribution < -0.4 is 10.1 Å². The molecule has 0 atom stereocenters. The first-order valence-electron chi connectivity index (χ1n) is 8.27. The van der Waals surface area contributed by atoms with Crippen LogP contribution in [0.4, 0.5) is 5.69 Å². The van der Waals surface area contributed by atoms with E-state index in [0.717, 1.165) is 0 Å². The van der Waals surface area contributed by atoms with Gasteiger partial charge in [0.15, 0.2) is 12.4 Å². The van der Waals surface area contributed by atoms with Crippen molar-refractivity contribution in [1.82, 2.24) is 14.8 Å². The molecule has 1 amide bonds. The molecular formula is C19H17ClN4O3. The summed E-state index contributed by atoms with van der Waals surface area (Å²) in [5.74, 6) is 0.202. The average Bonchev–Trinajstić information content (AvgIpc) is 3.21. The van der Waals surface area contributed by atoms with Crippen LogP contribution in [0.3, 0.4) is 0 Å². The molecule has 0 aliphatic rings. The molecule has 1 heterocycles. The van der Waals surface area contributed by atoms with Gasteiger partial charge in [-0.3, -0.25) is 9.59 Å². The first kappa shape index (κ1) is 18.6. The van der Waals surface area contributed by atoms with Crippen molar-refractivity contribution in [2.24, 2.45) is 0 Å². The SMILES string of the molecule is CCC(=O)c1ccc(OCC(=O)Nc2cc(Cl)ccc2-n2cncn2)cc1. The van der Waals surface area contributed by atoms with E-state index in [9.17, 15) is 9.59 Å². The Morgan fingerprint density at radius 2 is 1.96 bits per heavy atom. The third kappa shape index (κ3) is 4.71. The molecule has 3 aromatic rings. The minimum atomic E-state index is -0.354. The van der Waals surface area contributed by atoms with Crippen molar-refractivity contribution >= 4 is 29.0 Å². The van der Waals surface area contributed by atoms with Gasteiger partial charge in [-0.05, 0) is 42.5 Å². The summed E-state index contributed by atoms with van der Waals surface area (Å²) in [7, 11) is 0. The van der Waals surface area contributed by atoms with Gasteiger partial charge in [0.2, 0.25) is 0 Å². The second-order valence-electron chi connectivity index (χ2n) is 5.64. The maximum absolute atomic E-state index is 12.3. The minimum Gasteiger partial charge on any atom is -0.484 e. The second-order valence-corrected chi connectivity index (χ2v) is 6.08. The molecule has 0 saturated carbocycles. The molecule has 8 heteroatoms. The molecule has 0 spiro atoms. The van der Waals surface area contributed by atoms with Gasteiger partial charge in [0.1, 0.15) is 18.4 Å². The van der Waals surface area contributed by atoms with Gasteiger partial charge in [0.05, 0.1) is 11.4 Å². The Kier molecular flexibility index (Phi) is 5.83. The number of ether oxygens (including phenoxy) is 1. The largest absolute Gasteiger partial charge is 0.484 e. The molecule has 0 radical (unpaired) electrons. The molecule has 1 aromatic heterocycles. The fourth-order valence-electron chi connectivity index (χ4n) is 2.42. The number of halogens is 1. The van der Waals surface area contributed by atoms with E-state index in [4.69, 9.17) is 16.3 Å². The highest BCUT2D eigenvalue weighted by atomic mass is 35.5. The Bertz CT molecular complexity index is 940. The van der Waals surface area contributed by atoms with Gasteiger partial charge in [-0.1, -0.05) is 18.5 Å². The Hall–Kier alpha value is -3.19. The Morgan fingerprint density at radius 1 is 1.19 bits per heavy atom. The highest BCUT2D eigenvalue weighted by Gasteiger charge is 2.11. The molecular weight excluding hydrogens is 368 g/mol. The van der Waals surface area contributed by atoms with Crippen molar-refractivity contribution in [2.45, 2.75) is 13.3 Å². The normalized spacial score (nSPS) is 10.4. The van der Waals surface area contributed by atoms with Crippen LogP contribution in [-0.4, -0.2) is 33.1 Å². The number of hydrogen-bond donors (Lipinski definition) is 1. The Morgan fingerprint density at radius 3 is 2.63 bits per heavy atom. The number of rotatable bonds is 7. The minimum absolute atomic E-state index is 0.0564. The summed E-state index contributed by atoms with van der Waals surface area (Å²) in [6.07, 6.45) is 3.36. The number of nitrogens with one attached hydrogen (secondary N) is 1. The Labute approximate surface area is 160 Å². The highest BCUT2D eigenvalue weighted by molar-refractivity contribution is 6.31. The van der Waals surface area contributed by atoms with Crippen molar-refractivity contribution in [3.8, 4) is 11.4 Å². The van der Waals surface area contributed by atoms with Crippen LogP contribution >= 0.6 is 11.6 Å². The standard InChI is InChI=1S/C19H17ClN4O3/c1-2-18(25)13-3-6-15(7-4-13)27-10-19(26)23-16-9-14(20)5-8-17(16)24-12-21-11-22-24/h3-9,11-12H,2,10H2,1H3,(H,23,26). The quantitative estimate of drug-likeness (QED) is 0.630. The summed E-state index contributed by atoms with van der Waals surface area (Å²) >= 11 is 6.03. The van der Waals surface area contributed by atoms with E-state index in [1.165, 1.54) is 17.3 Å². The molecule has 0 aliphatic carbocycles. The van der Waals surface area contributed by atoms with Crippen LogP contribution in [0.2, 0.25) is 5.02 Å². The molecule has 0 aliphatic heterocycles. The van der Waals surface area contributed by atoms with Crippen molar-refractivity contribution in [3.05, 3.63) is 65.7 Å². The number of nitrogens with zero attached hydrogens (tertiary/aromatic N) is 3. The summed E-state index contributed by atoms with van der Waals surface area (Å²) in [5, 5.41) is 7.30. The number of carbonyl (C=O) groups excluding carboxylic acids is 2. The molecule has 0 unspecified atom stereocenters. The molecule has 1 N–H and O–H groups in total. The summed E-state index contributed by atoms with van der Waals surface area (Å²) in [6.45, 7) is 1.62. The molecule has 3 rings (SSSR count). The molecule has 27 heavy (non-hydrogen) atoms. The van der Waals surface area contributed by atoms with Gasteiger partial charge in [-0.15, -0.1) is 0 Å². The second kappa shape index (κ2) is 8.46. The smallest absolute Gasteiger partial charge is 0.262 e. The van der Waals surface area contributed by atoms with Crippen LogP contribution in [0.25, 0.3) is 5.69 Å². The van der Waals surface area contributed by atoms with Crippen molar-refractivity contribution in [3.63, 3.8) is 0 Å². The highest BCUT2D eigenvalue weighted by Crippen LogP contribution is 2.24. The predicted molar refractivity (Wildman–Crippen MR) is 102 cm³/mol. The lowest BCUT2D eigenvalue weighted by Crippen LogP contribution is -2.21. The third-order valence-corrected chi connectivity index (χ3v) is 4.00. The zero-order valence-corrected chi connectivity index (χ0v) is 15.3. The monoisotopic (exact) mass is 384 g/mol. The third-order valence-electron chi connectivity index (χ3n) is 3.77. The summed E-state index contributed by atoms with van der Waals surface area (Å²) in [5.41, 5.74) is 1.74. The molecule has 2 aromatic carbocycles. The van der Waals surface area contributed by atoms with Gasteiger partial charge in [0.25, 0.3) is 5.91 Å². The number of ketones is 1. The first-order valence-corrected chi connectivity index (χ1v) is 8.65. The number of carbonyl (C=O) groups is 2. The molecule has 138 valence electrons. The van der Waals surface area contributed by atoms with Crippen LogP contribution in [-0.2, 0) is 4.79 Å². The van der Waals surface area contributed by atoms with Crippen LogP contribution in [0, 0.1) is 0 Å². The lowest BCUT2D eigenvalue weighted by atomic mass is 10.1. The number of Topliss-reactive ketones (excluding diaryl/α,β-unsaturated/α-hetero) is 1. The van der Waals surface area contributed by atoms with Crippen LogP contribution in [0.5, 0.6) is 5.75 Å². The van der Waals surface area contributed by atoms with Crippen molar-refractivity contribution in [2.75, 3.05) is 11.9 Å². The number of benzene rings is 2. The van der Waals surface area contributed by atoms with Gasteiger partial charge >= 0.3 is 0 Å². The fraction of sp³-hybridized carbons (Fsp3) is 0.158. The average molecular weight is 385 g/mol. The van der Waals surface area contributed by atoms with E-state index >= 15 is 0 Å². The predicted octanol–water partition coefficient (Wildman–Crippen LogP) is 3.53. The van der Waals surface area contributed by atoms with Crippen LogP contribution in [0.1, 0.15) is 23.7 Å². The number of amides is 1. The molecule has 0 fully saturated rings. The summed E-state index contributed by atoms with van der Waals surface area (Å²) < 4.78 is 7.00.